The highest BCUT2D eigenvalue weighted by Gasteiger charge is 2.56. The molecule has 1 heterocycles. The van der Waals surface area contributed by atoms with Crippen LogP contribution in [0.25, 0.3) is 0 Å². The molecule has 2 atom stereocenters. The van der Waals surface area contributed by atoms with E-state index in [1.165, 1.54) is 5.56 Å². The van der Waals surface area contributed by atoms with Gasteiger partial charge < -0.3 is 19.0 Å². The molecule has 188 valence electrons. The fourth-order valence-electron chi connectivity index (χ4n) is 4.65. The van der Waals surface area contributed by atoms with E-state index in [1.807, 2.05) is 30.3 Å². The molecule has 2 aromatic carbocycles. The van der Waals surface area contributed by atoms with Gasteiger partial charge in [-0.15, -0.1) is 0 Å². The average molecular weight is 493 g/mol. The number of aliphatic hydroxyl groups is 1. The van der Waals surface area contributed by atoms with E-state index >= 15 is 0 Å². The molecular weight excluding hydrogens is 452 g/mol. The predicted molar refractivity (Wildman–Crippen MR) is 143 cm³/mol. The third-order valence-electron chi connectivity index (χ3n) is 8.10. The van der Waals surface area contributed by atoms with Crippen molar-refractivity contribution in [2.24, 2.45) is 0 Å². The number of ether oxygens (including phenoxy) is 2. The molecule has 2 unspecified atom stereocenters. The maximum absolute atomic E-state index is 11.4. The molecule has 1 saturated heterocycles. The van der Waals surface area contributed by atoms with Crippen molar-refractivity contribution < 1.29 is 19.0 Å². The van der Waals surface area contributed by atoms with Crippen molar-refractivity contribution >= 4 is 8.32 Å². The molecule has 0 bridgehead atoms. The quantitative estimate of drug-likeness (QED) is 0.395. The highest BCUT2D eigenvalue weighted by molar-refractivity contribution is 6.74. The zero-order valence-electron chi connectivity index (χ0n) is 21.8. The Morgan fingerprint density at radius 1 is 1.03 bits per heavy atom. The SMILES string of the molecule is CC(C)(C)[Si](C)(C)OCC1(C(O)C#Cc2ccccc2)COC2(CCC(c3ccccc3)CC2)O1. The summed E-state index contributed by atoms with van der Waals surface area (Å²) < 4.78 is 19.7. The van der Waals surface area contributed by atoms with E-state index in [0.717, 1.165) is 31.2 Å². The minimum Gasteiger partial charge on any atom is -0.414 e. The highest BCUT2D eigenvalue weighted by Crippen LogP contribution is 2.47. The monoisotopic (exact) mass is 492 g/mol. The van der Waals surface area contributed by atoms with Crippen LogP contribution in [0, 0.1) is 11.8 Å². The molecule has 1 aliphatic carbocycles. The summed E-state index contributed by atoms with van der Waals surface area (Å²) >= 11 is 0. The van der Waals surface area contributed by atoms with Gasteiger partial charge in [0.2, 0.25) is 0 Å². The first-order chi connectivity index (χ1) is 16.5. The van der Waals surface area contributed by atoms with Crippen LogP contribution < -0.4 is 0 Å². The summed E-state index contributed by atoms with van der Waals surface area (Å²) in [7, 11) is -2.06. The van der Waals surface area contributed by atoms with Crippen LogP contribution in [0.2, 0.25) is 18.1 Å². The van der Waals surface area contributed by atoms with E-state index in [9.17, 15) is 5.11 Å². The van der Waals surface area contributed by atoms with Crippen molar-refractivity contribution in [2.45, 2.75) is 88.0 Å². The molecule has 1 spiro atoms. The molecule has 35 heavy (non-hydrogen) atoms. The van der Waals surface area contributed by atoms with E-state index in [4.69, 9.17) is 13.9 Å². The largest absolute Gasteiger partial charge is 0.414 e. The topological polar surface area (TPSA) is 47.9 Å². The fourth-order valence-corrected chi connectivity index (χ4v) is 5.69. The lowest BCUT2D eigenvalue weighted by Gasteiger charge is -2.41. The van der Waals surface area contributed by atoms with Gasteiger partial charge in [0.25, 0.3) is 0 Å². The maximum Gasteiger partial charge on any atom is 0.192 e. The van der Waals surface area contributed by atoms with E-state index in [2.05, 4.69) is 76.0 Å². The van der Waals surface area contributed by atoms with Gasteiger partial charge in [-0.05, 0) is 54.6 Å². The lowest BCUT2D eigenvalue weighted by Crippen LogP contribution is -2.54. The van der Waals surface area contributed by atoms with Crippen LogP contribution in [-0.2, 0) is 13.9 Å². The lowest BCUT2D eigenvalue weighted by atomic mass is 9.81. The molecule has 1 N–H and O–H groups in total. The van der Waals surface area contributed by atoms with Crippen molar-refractivity contribution in [3.8, 4) is 11.8 Å². The van der Waals surface area contributed by atoms with Crippen LogP contribution in [0.15, 0.2) is 60.7 Å². The molecule has 0 radical (unpaired) electrons. The summed E-state index contributed by atoms with van der Waals surface area (Å²) in [5, 5.41) is 11.4. The van der Waals surface area contributed by atoms with Gasteiger partial charge >= 0.3 is 0 Å². The fraction of sp³-hybridized carbons (Fsp3) is 0.533. The van der Waals surface area contributed by atoms with E-state index in [1.54, 1.807) is 0 Å². The summed E-state index contributed by atoms with van der Waals surface area (Å²) in [4.78, 5) is 0. The minimum atomic E-state index is -2.06. The first-order valence-corrected chi connectivity index (χ1v) is 15.7. The molecule has 2 fully saturated rings. The number of aliphatic hydroxyl groups excluding tert-OH is 1. The summed E-state index contributed by atoms with van der Waals surface area (Å²) in [5.74, 6) is 5.99. The zero-order chi connectivity index (χ0) is 25.2. The van der Waals surface area contributed by atoms with Gasteiger partial charge in [-0.1, -0.05) is 81.1 Å². The van der Waals surface area contributed by atoms with Crippen molar-refractivity contribution in [3.63, 3.8) is 0 Å². The average Bonchev–Trinajstić information content (AvgIpc) is 3.21. The lowest BCUT2D eigenvalue weighted by molar-refractivity contribution is -0.222. The zero-order valence-corrected chi connectivity index (χ0v) is 22.8. The summed E-state index contributed by atoms with van der Waals surface area (Å²) in [6.07, 6.45) is 2.57. The second-order valence-corrected chi connectivity index (χ2v) is 16.4. The molecule has 5 heteroatoms. The van der Waals surface area contributed by atoms with Gasteiger partial charge in [-0.2, -0.15) is 0 Å². The van der Waals surface area contributed by atoms with E-state index in [0.29, 0.717) is 5.92 Å². The van der Waals surface area contributed by atoms with Crippen LogP contribution in [0.3, 0.4) is 0 Å². The molecule has 4 nitrogen and oxygen atoms in total. The maximum atomic E-state index is 11.4. The van der Waals surface area contributed by atoms with Crippen LogP contribution in [0.1, 0.15) is 63.5 Å². The van der Waals surface area contributed by atoms with Gasteiger partial charge in [0.15, 0.2) is 19.7 Å². The van der Waals surface area contributed by atoms with Crippen molar-refractivity contribution in [1.29, 1.82) is 0 Å². The molecular formula is C30H40O4Si. The van der Waals surface area contributed by atoms with Crippen molar-refractivity contribution in [3.05, 3.63) is 71.8 Å². The molecule has 2 aliphatic rings. The molecule has 1 saturated carbocycles. The Morgan fingerprint density at radius 3 is 2.23 bits per heavy atom. The summed E-state index contributed by atoms with van der Waals surface area (Å²) in [6.45, 7) is 11.7. The first-order valence-electron chi connectivity index (χ1n) is 12.8. The molecule has 0 aromatic heterocycles. The Labute approximate surface area is 212 Å². The molecule has 4 rings (SSSR count). The van der Waals surface area contributed by atoms with Gasteiger partial charge in [0.1, 0.15) is 6.10 Å². The van der Waals surface area contributed by atoms with Crippen LogP contribution >= 0.6 is 0 Å². The second kappa shape index (κ2) is 10.2. The Hall–Kier alpha value is -1.94. The number of hydrogen-bond donors (Lipinski definition) is 1. The van der Waals surface area contributed by atoms with Crippen molar-refractivity contribution in [2.75, 3.05) is 13.2 Å². The van der Waals surface area contributed by atoms with Crippen LogP contribution in [-0.4, -0.2) is 44.1 Å². The Morgan fingerprint density at radius 2 is 1.63 bits per heavy atom. The Balaban J connectivity index is 1.53. The van der Waals surface area contributed by atoms with Gasteiger partial charge in [-0.25, -0.2) is 0 Å². The third-order valence-corrected chi connectivity index (χ3v) is 12.6. The summed E-state index contributed by atoms with van der Waals surface area (Å²) in [5.41, 5.74) is 1.24. The standard InChI is InChI=1S/C30H40O4Si/c1-28(2,3)35(4,5)33-23-29(27(31)17-16-24-12-8-6-9-13-24)22-32-30(34-29)20-18-26(19-21-30)25-14-10-7-11-15-25/h6-15,26-27,31H,18-23H2,1-5H3. The van der Waals surface area contributed by atoms with Gasteiger partial charge in [0.05, 0.1) is 13.2 Å². The van der Waals surface area contributed by atoms with E-state index < -0.39 is 25.8 Å². The second-order valence-electron chi connectivity index (χ2n) is 11.6. The number of hydrogen-bond acceptors (Lipinski definition) is 4. The first kappa shape index (κ1) is 26.1. The predicted octanol–water partition coefficient (Wildman–Crippen LogP) is 6.26. The van der Waals surface area contributed by atoms with Crippen molar-refractivity contribution in [1.82, 2.24) is 0 Å². The smallest absolute Gasteiger partial charge is 0.192 e. The highest BCUT2D eigenvalue weighted by atomic mass is 28.4. The van der Waals surface area contributed by atoms with Crippen LogP contribution in [0.5, 0.6) is 0 Å². The minimum absolute atomic E-state index is 0.0553. The van der Waals surface area contributed by atoms with Gasteiger partial charge in [0, 0.05) is 18.4 Å². The molecule has 1 aliphatic heterocycles. The Kier molecular flexibility index (Phi) is 7.62. The van der Waals surface area contributed by atoms with Crippen LogP contribution in [0.4, 0.5) is 0 Å². The number of benzene rings is 2. The normalized spacial score (nSPS) is 27.9. The number of rotatable bonds is 5. The van der Waals surface area contributed by atoms with Gasteiger partial charge in [-0.3, -0.25) is 0 Å². The molecule has 2 aromatic rings. The van der Waals surface area contributed by atoms with E-state index in [-0.39, 0.29) is 18.3 Å². The molecule has 0 amide bonds. The third kappa shape index (κ3) is 5.90. The summed E-state index contributed by atoms with van der Waals surface area (Å²) in [6, 6.07) is 20.4. The Bertz CT molecular complexity index is 1030.